The van der Waals surface area contributed by atoms with E-state index in [4.69, 9.17) is 11.6 Å². The maximum absolute atomic E-state index is 6.02. The lowest BCUT2D eigenvalue weighted by Crippen LogP contribution is -2.07. The summed E-state index contributed by atoms with van der Waals surface area (Å²) in [5, 5.41) is 3.74. The summed E-state index contributed by atoms with van der Waals surface area (Å²) in [6.45, 7) is 4.81. The third kappa shape index (κ3) is 3.08. The third-order valence-corrected chi connectivity index (χ3v) is 3.31. The normalized spacial score (nSPS) is 15.2. The largest absolute Gasteiger partial charge is 0.368 e. The standard InChI is InChI=1S/C12H18ClN3/c1-8-9(2)16-12(11(13)15-8)14-7-3-4-10-5-6-10/h10H,3-7H2,1-2H3,(H,14,16). The molecule has 0 radical (unpaired) electrons. The minimum atomic E-state index is 0.481. The molecule has 1 aliphatic carbocycles. The molecule has 0 aliphatic heterocycles. The summed E-state index contributed by atoms with van der Waals surface area (Å²) in [5.74, 6) is 1.71. The number of aromatic nitrogens is 2. The van der Waals surface area contributed by atoms with E-state index in [1.54, 1.807) is 0 Å². The van der Waals surface area contributed by atoms with Gasteiger partial charge in [-0.05, 0) is 32.6 Å². The number of hydrogen-bond acceptors (Lipinski definition) is 3. The number of nitrogens with zero attached hydrogens (tertiary/aromatic N) is 2. The van der Waals surface area contributed by atoms with E-state index in [2.05, 4.69) is 15.3 Å². The average Bonchev–Trinajstić information content (AvgIpc) is 3.04. The average molecular weight is 240 g/mol. The van der Waals surface area contributed by atoms with E-state index in [-0.39, 0.29) is 0 Å². The van der Waals surface area contributed by atoms with Crippen LogP contribution in [-0.2, 0) is 0 Å². The zero-order valence-corrected chi connectivity index (χ0v) is 10.6. The van der Waals surface area contributed by atoms with E-state index in [9.17, 15) is 0 Å². The summed E-state index contributed by atoms with van der Waals surface area (Å²) in [7, 11) is 0. The molecule has 1 fully saturated rings. The van der Waals surface area contributed by atoms with Gasteiger partial charge in [-0.3, -0.25) is 0 Å². The highest BCUT2D eigenvalue weighted by atomic mass is 35.5. The van der Waals surface area contributed by atoms with Crippen molar-refractivity contribution in [2.75, 3.05) is 11.9 Å². The van der Waals surface area contributed by atoms with Crippen LogP contribution in [0.5, 0.6) is 0 Å². The molecule has 88 valence electrons. The van der Waals surface area contributed by atoms with Crippen LogP contribution in [0.25, 0.3) is 0 Å². The van der Waals surface area contributed by atoms with E-state index in [1.807, 2.05) is 13.8 Å². The van der Waals surface area contributed by atoms with Gasteiger partial charge in [0.15, 0.2) is 11.0 Å². The van der Waals surface area contributed by atoms with Gasteiger partial charge in [-0.2, -0.15) is 0 Å². The van der Waals surface area contributed by atoms with Crippen LogP contribution in [0.1, 0.15) is 37.1 Å². The predicted octanol–water partition coefficient (Wildman–Crippen LogP) is 3.35. The molecule has 1 N–H and O–H groups in total. The van der Waals surface area contributed by atoms with Gasteiger partial charge in [0.1, 0.15) is 0 Å². The first-order valence-electron chi connectivity index (χ1n) is 5.91. The summed E-state index contributed by atoms with van der Waals surface area (Å²) >= 11 is 6.02. The topological polar surface area (TPSA) is 37.8 Å². The van der Waals surface area contributed by atoms with Gasteiger partial charge >= 0.3 is 0 Å². The molecule has 1 aliphatic rings. The second-order valence-electron chi connectivity index (χ2n) is 4.55. The zero-order valence-electron chi connectivity index (χ0n) is 9.89. The van der Waals surface area contributed by atoms with Crippen molar-refractivity contribution in [3.05, 3.63) is 16.5 Å². The van der Waals surface area contributed by atoms with Crippen molar-refractivity contribution < 1.29 is 0 Å². The van der Waals surface area contributed by atoms with Crippen molar-refractivity contribution in [3.63, 3.8) is 0 Å². The molecule has 16 heavy (non-hydrogen) atoms. The Bertz CT molecular complexity index is 375. The van der Waals surface area contributed by atoms with Crippen LogP contribution < -0.4 is 5.32 Å². The second-order valence-corrected chi connectivity index (χ2v) is 4.90. The highest BCUT2D eigenvalue weighted by molar-refractivity contribution is 6.31. The molecular formula is C12H18ClN3. The Morgan fingerprint density at radius 3 is 2.62 bits per heavy atom. The Morgan fingerprint density at radius 2 is 1.94 bits per heavy atom. The summed E-state index contributed by atoms with van der Waals surface area (Å²) in [6.07, 6.45) is 5.35. The van der Waals surface area contributed by atoms with Gasteiger partial charge in [0.25, 0.3) is 0 Å². The number of halogens is 1. The summed E-state index contributed by atoms with van der Waals surface area (Å²) < 4.78 is 0. The first kappa shape index (κ1) is 11.6. The number of rotatable bonds is 5. The van der Waals surface area contributed by atoms with Crippen molar-refractivity contribution in [2.24, 2.45) is 5.92 Å². The molecule has 0 aromatic carbocycles. The molecule has 3 nitrogen and oxygen atoms in total. The van der Waals surface area contributed by atoms with Gasteiger partial charge in [0.2, 0.25) is 0 Å². The van der Waals surface area contributed by atoms with Crippen LogP contribution in [0.15, 0.2) is 0 Å². The summed E-state index contributed by atoms with van der Waals surface area (Å²) in [4.78, 5) is 8.64. The molecule has 1 heterocycles. The number of anilines is 1. The van der Waals surface area contributed by atoms with Gasteiger partial charge in [0.05, 0.1) is 11.4 Å². The molecule has 1 aromatic heterocycles. The molecule has 4 heteroatoms. The monoisotopic (exact) mass is 239 g/mol. The van der Waals surface area contributed by atoms with Crippen molar-refractivity contribution in [1.82, 2.24) is 9.97 Å². The fourth-order valence-corrected chi connectivity index (χ4v) is 1.93. The van der Waals surface area contributed by atoms with Crippen LogP contribution in [0.4, 0.5) is 5.82 Å². The minimum Gasteiger partial charge on any atom is -0.368 e. The number of aryl methyl sites for hydroxylation is 2. The van der Waals surface area contributed by atoms with Crippen LogP contribution in [0.2, 0.25) is 5.15 Å². The van der Waals surface area contributed by atoms with Gasteiger partial charge in [-0.1, -0.05) is 24.4 Å². The molecule has 0 bridgehead atoms. The molecule has 0 unspecified atom stereocenters. The number of nitrogens with one attached hydrogen (secondary N) is 1. The van der Waals surface area contributed by atoms with Gasteiger partial charge < -0.3 is 5.32 Å². The molecule has 0 saturated heterocycles. The van der Waals surface area contributed by atoms with Gasteiger partial charge in [-0.25, -0.2) is 9.97 Å². The lowest BCUT2D eigenvalue weighted by atomic mass is 10.2. The molecule has 1 aromatic rings. The summed E-state index contributed by atoms with van der Waals surface area (Å²) in [5.41, 5.74) is 1.84. The van der Waals surface area contributed by atoms with Crippen molar-refractivity contribution in [1.29, 1.82) is 0 Å². The Morgan fingerprint density at radius 1 is 1.25 bits per heavy atom. The molecule has 2 rings (SSSR count). The quantitative estimate of drug-likeness (QED) is 0.801. The zero-order chi connectivity index (χ0) is 11.5. The maximum Gasteiger partial charge on any atom is 0.171 e. The van der Waals surface area contributed by atoms with E-state index >= 15 is 0 Å². The fourth-order valence-electron chi connectivity index (χ4n) is 1.69. The molecule has 1 saturated carbocycles. The van der Waals surface area contributed by atoms with Crippen LogP contribution in [-0.4, -0.2) is 16.5 Å². The summed E-state index contributed by atoms with van der Waals surface area (Å²) in [6, 6.07) is 0. The first-order valence-corrected chi connectivity index (χ1v) is 6.29. The van der Waals surface area contributed by atoms with Crippen molar-refractivity contribution >= 4 is 17.4 Å². The maximum atomic E-state index is 6.02. The third-order valence-electron chi connectivity index (χ3n) is 3.04. The first-order chi connectivity index (χ1) is 7.66. The van der Waals surface area contributed by atoms with Crippen LogP contribution in [0, 0.1) is 19.8 Å². The number of hydrogen-bond donors (Lipinski definition) is 1. The van der Waals surface area contributed by atoms with E-state index in [0.717, 1.165) is 29.7 Å². The van der Waals surface area contributed by atoms with Gasteiger partial charge in [-0.15, -0.1) is 0 Å². The lowest BCUT2D eigenvalue weighted by molar-refractivity contribution is 0.686. The molecular weight excluding hydrogens is 222 g/mol. The van der Waals surface area contributed by atoms with Crippen molar-refractivity contribution in [2.45, 2.75) is 39.5 Å². The van der Waals surface area contributed by atoms with Crippen LogP contribution >= 0.6 is 11.6 Å². The minimum absolute atomic E-state index is 0.481. The van der Waals surface area contributed by atoms with E-state index < -0.39 is 0 Å². The Labute approximate surface area is 102 Å². The highest BCUT2D eigenvalue weighted by Crippen LogP contribution is 2.33. The fraction of sp³-hybridized carbons (Fsp3) is 0.667. The predicted molar refractivity (Wildman–Crippen MR) is 67.0 cm³/mol. The Hall–Kier alpha value is -0.830. The highest BCUT2D eigenvalue weighted by Gasteiger charge is 2.20. The lowest BCUT2D eigenvalue weighted by Gasteiger charge is -2.08. The second kappa shape index (κ2) is 5.00. The molecule has 0 spiro atoms. The van der Waals surface area contributed by atoms with E-state index in [1.165, 1.54) is 25.7 Å². The Balaban J connectivity index is 1.85. The Kier molecular flexibility index (Phi) is 3.64. The van der Waals surface area contributed by atoms with E-state index in [0.29, 0.717) is 5.15 Å². The smallest absolute Gasteiger partial charge is 0.171 e. The van der Waals surface area contributed by atoms with Crippen LogP contribution in [0.3, 0.4) is 0 Å². The van der Waals surface area contributed by atoms with Crippen molar-refractivity contribution in [3.8, 4) is 0 Å². The molecule has 0 atom stereocenters. The molecule has 0 amide bonds. The SMILES string of the molecule is Cc1nc(Cl)c(NCCCC2CC2)nc1C. The van der Waals surface area contributed by atoms with Gasteiger partial charge in [0, 0.05) is 6.54 Å².